The fourth-order valence-corrected chi connectivity index (χ4v) is 3.86. The first-order valence-electron chi connectivity index (χ1n) is 9.98. The third kappa shape index (κ3) is 4.80. The van der Waals surface area contributed by atoms with E-state index in [4.69, 9.17) is 4.52 Å². The van der Waals surface area contributed by atoms with Gasteiger partial charge >= 0.3 is 0 Å². The fraction of sp³-hybridized carbons (Fsp3) is 0.545. The van der Waals surface area contributed by atoms with Crippen LogP contribution in [0.2, 0.25) is 0 Å². The summed E-state index contributed by atoms with van der Waals surface area (Å²) in [5, 5.41) is 15.1. The summed E-state index contributed by atoms with van der Waals surface area (Å²) >= 11 is 0. The molecule has 1 atom stereocenters. The van der Waals surface area contributed by atoms with Gasteiger partial charge in [0.05, 0.1) is 5.69 Å². The number of piperidine rings is 1. The summed E-state index contributed by atoms with van der Waals surface area (Å²) in [5.74, 6) is 1.06. The van der Waals surface area contributed by atoms with Crippen molar-refractivity contribution in [2.45, 2.75) is 58.2 Å². The summed E-state index contributed by atoms with van der Waals surface area (Å²) in [5.41, 5.74) is 1.82. The maximum atomic E-state index is 13.0. The average Bonchev–Trinajstić information content (AvgIpc) is 3.04. The molecular weight excluding hydrogens is 354 g/mol. The van der Waals surface area contributed by atoms with Crippen LogP contribution in [0.25, 0.3) is 0 Å². The van der Waals surface area contributed by atoms with E-state index in [-0.39, 0.29) is 12.5 Å². The van der Waals surface area contributed by atoms with Crippen LogP contribution in [0.15, 0.2) is 34.9 Å². The van der Waals surface area contributed by atoms with Crippen LogP contribution in [0, 0.1) is 6.92 Å². The lowest BCUT2D eigenvalue weighted by Gasteiger charge is -2.40. The molecule has 0 bridgehead atoms. The second-order valence-electron chi connectivity index (χ2n) is 8.36. The Kier molecular flexibility index (Phi) is 6.20. The number of aromatic nitrogens is 1. The molecule has 1 saturated heterocycles. The van der Waals surface area contributed by atoms with Gasteiger partial charge in [-0.2, -0.15) is 0 Å². The minimum absolute atomic E-state index is 0.185. The van der Waals surface area contributed by atoms with E-state index in [0.29, 0.717) is 32.0 Å². The van der Waals surface area contributed by atoms with Crippen LogP contribution in [0.5, 0.6) is 0 Å². The maximum absolute atomic E-state index is 13.0. The second kappa shape index (κ2) is 8.45. The van der Waals surface area contributed by atoms with Gasteiger partial charge in [0.15, 0.2) is 5.60 Å². The number of carbonyl (C=O) groups is 1. The van der Waals surface area contributed by atoms with Crippen molar-refractivity contribution in [3.8, 4) is 0 Å². The second-order valence-corrected chi connectivity index (χ2v) is 8.36. The molecule has 1 amide bonds. The molecule has 28 heavy (non-hydrogen) atoms. The van der Waals surface area contributed by atoms with E-state index in [1.165, 1.54) is 5.56 Å². The zero-order valence-electron chi connectivity index (χ0n) is 17.3. The molecule has 1 aromatic heterocycles. The van der Waals surface area contributed by atoms with E-state index in [0.717, 1.165) is 23.4 Å². The largest absolute Gasteiger partial charge is 0.379 e. The van der Waals surface area contributed by atoms with Gasteiger partial charge in [-0.05, 0) is 43.9 Å². The van der Waals surface area contributed by atoms with Crippen molar-refractivity contribution in [1.29, 1.82) is 0 Å². The smallest absolute Gasteiger partial charge is 0.256 e. The Labute approximate surface area is 167 Å². The van der Waals surface area contributed by atoms with E-state index in [1.54, 1.807) is 4.90 Å². The van der Waals surface area contributed by atoms with Crippen molar-refractivity contribution in [2.75, 3.05) is 20.1 Å². The third-order valence-electron chi connectivity index (χ3n) is 5.36. The zero-order chi connectivity index (χ0) is 20.3. The van der Waals surface area contributed by atoms with Crippen molar-refractivity contribution in [3.05, 3.63) is 52.9 Å². The lowest BCUT2D eigenvalue weighted by Crippen LogP contribution is -2.57. The molecule has 1 aliphatic rings. The van der Waals surface area contributed by atoms with Crippen LogP contribution in [-0.2, 0) is 17.9 Å². The quantitative estimate of drug-likeness (QED) is 0.793. The number of rotatable bonds is 7. The Morgan fingerprint density at radius 3 is 2.64 bits per heavy atom. The molecule has 2 aromatic rings. The van der Waals surface area contributed by atoms with Gasteiger partial charge < -0.3 is 14.5 Å². The molecule has 0 spiro atoms. The van der Waals surface area contributed by atoms with Crippen molar-refractivity contribution < 1.29 is 14.4 Å². The maximum Gasteiger partial charge on any atom is 0.256 e. The summed E-state index contributed by atoms with van der Waals surface area (Å²) in [6, 6.07) is 10.3. The zero-order valence-corrected chi connectivity index (χ0v) is 17.3. The lowest BCUT2D eigenvalue weighted by atomic mass is 9.90. The molecule has 0 radical (unpaired) electrons. The molecular formula is C22H31N3O3. The molecule has 0 aliphatic carbocycles. The Balaban J connectivity index is 1.63. The van der Waals surface area contributed by atoms with Crippen LogP contribution in [0.4, 0.5) is 0 Å². The van der Waals surface area contributed by atoms with Gasteiger partial charge in [-0.15, -0.1) is 0 Å². The monoisotopic (exact) mass is 385 g/mol. The normalized spacial score (nSPS) is 20.4. The van der Waals surface area contributed by atoms with Crippen LogP contribution in [0.3, 0.4) is 0 Å². The first-order valence-corrected chi connectivity index (χ1v) is 9.98. The van der Waals surface area contributed by atoms with Crippen molar-refractivity contribution in [3.63, 3.8) is 0 Å². The van der Waals surface area contributed by atoms with Crippen molar-refractivity contribution in [2.24, 2.45) is 0 Å². The number of likely N-dealkylation sites (tertiary alicyclic amines) is 1. The molecule has 1 N–H and O–H groups in total. The number of hydrogen-bond donors (Lipinski definition) is 1. The average molecular weight is 386 g/mol. The molecule has 1 fully saturated rings. The van der Waals surface area contributed by atoms with Gasteiger partial charge in [0.2, 0.25) is 0 Å². The summed E-state index contributed by atoms with van der Waals surface area (Å²) in [6.07, 6.45) is 1.28. The number of amides is 1. The number of hydrogen-bond acceptors (Lipinski definition) is 5. The molecule has 2 heterocycles. The molecule has 6 heteroatoms. The van der Waals surface area contributed by atoms with Crippen molar-refractivity contribution >= 4 is 5.91 Å². The van der Waals surface area contributed by atoms with Gasteiger partial charge in [-0.25, -0.2) is 0 Å². The Morgan fingerprint density at radius 2 is 2.04 bits per heavy atom. The highest BCUT2D eigenvalue weighted by molar-refractivity contribution is 5.86. The van der Waals surface area contributed by atoms with E-state index >= 15 is 0 Å². The van der Waals surface area contributed by atoms with Gasteiger partial charge in [0.1, 0.15) is 5.76 Å². The summed E-state index contributed by atoms with van der Waals surface area (Å²) in [4.78, 5) is 16.7. The Bertz CT molecular complexity index is 800. The number of nitrogens with zero attached hydrogens (tertiary/aromatic N) is 3. The highest BCUT2D eigenvalue weighted by Gasteiger charge is 2.42. The predicted molar refractivity (Wildman–Crippen MR) is 108 cm³/mol. The number of aliphatic hydroxyl groups is 1. The van der Waals surface area contributed by atoms with Gasteiger partial charge in [0.25, 0.3) is 5.91 Å². The van der Waals surface area contributed by atoms with Gasteiger partial charge in [0, 0.05) is 32.2 Å². The van der Waals surface area contributed by atoms with Crippen LogP contribution < -0.4 is 0 Å². The molecule has 3 rings (SSSR count). The molecule has 1 aromatic carbocycles. The molecule has 152 valence electrons. The highest BCUT2D eigenvalue weighted by atomic mass is 16.5. The fourth-order valence-electron chi connectivity index (χ4n) is 3.86. The standard InChI is InChI=1S/C22H31N3O3/c1-16(2)19-8-6-18(7-9-19)13-25-11-5-10-22(27,21(25)26)15-24(4)14-20-12-17(3)28-23-20/h6-9,12,16,27H,5,10-11,13-15H2,1-4H3/t22-/m0/s1. The lowest BCUT2D eigenvalue weighted by molar-refractivity contribution is -0.160. The number of likely N-dealkylation sites (N-methyl/N-ethyl adjacent to an activating group) is 1. The van der Waals surface area contributed by atoms with E-state index in [1.807, 2.05) is 24.9 Å². The van der Waals surface area contributed by atoms with Crippen LogP contribution >= 0.6 is 0 Å². The minimum atomic E-state index is -1.36. The van der Waals surface area contributed by atoms with E-state index in [2.05, 4.69) is 43.3 Å². The third-order valence-corrected chi connectivity index (χ3v) is 5.36. The van der Waals surface area contributed by atoms with Gasteiger partial charge in [-0.3, -0.25) is 9.69 Å². The molecule has 6 nitrogen and oxygen atoms in total. The molecule has 1 aliphatic heterocycles. The molecule has 0 saturated carbocycles. The number of carbonyl (C=O) groups excluding carboxylic acids is 1. The topological polar surface area (TPSA) is 69.8 Å². The van der Waals surface area contributed by atoms with Crippen molar-refractivity contribution in [1.82, 2.24) is 15.0 Å². The SMILES string of the molecule is Cc1cc(CN(C)C[C@@]2(O)CCCN(Cc3ccc(C(C)C)cc3)C2=O)no1. The summed E-state index contributed by atoms with van der Waals surface area (Å²) in [6.45, 7) is 8.20. The highest BCUT2D eigenvalue weighted by Crippen LogP contribution is 2.26. The Morgan fingerprint density at radius 1 is 1.32 bits per heavy atom. The Hall–Kier alpha value is -2.18. The number of benzene rings is 1. The molecule has 0 unspecified atom stereocenters. The summed E-state index contributed by atoms with van der Waals surface area (Å²) in [7, 11) is 1.89. The minimum Gasteiger partial charge on any atom is -0.379 e. The first-order chi connectivity index (χ1) is 13.3. The number of aryl methyl sites for hydroxylation is 1. The van der Waals surface area contributed by atoms with E-state index < -0.39 is 5.60 Å². The summed E-state index contributed by atoms with van der Waals surface area (Å²) < 4.78 is 5.09. The van der Waals surface area contributed by atoms with Gasteiger partial charge in [-0.1, -0.05) is 43.3 Å². The van der Waals surface area contributed by atoms with Crippen LogP contribution in [0.1, 0.15) is 55.2 Å². The van der Waals surface area contributed by atoms with E-state index in [9.17, 15) is 9.90 Å². The first kappa shape index (κ1) is 20.6. The predicted octanol–water partition coefficient (Wildman–Crippen LogP) is 3.09. The van der Waals surface area contributed by atoms with Crippen LogP contribution in [-0.4, -0.2) is 51.7 Å².